The number of carbonyl (C=O) groups excluding carboxylic acids is 2. The maximum atomic E-state index is 12.9. The van der Waals surface area contributed by atoms with Gasteiger partial charge in [0.15, 0.2) is 0 Å². The van der Waals surface area contributed by atoms with Crippen LogP contribution in [0.15, 0.2) is 35.0 Å². The number of ether oxygens (including phenoxy) is 2. The van der Waals surface area contributed by atoms with Crippen LogP contribution in [0, 0.1) is 17.8 Å². The van der Waals surface area contributed by atoms with Gasteiger partial charge in [0.1, 0.15) is 17.3 Å². The minimum Gasteiger partial charge on any atom is -0.467 e. The first kappa shape index (κ1) is 15.4. The molecule has 1 aromatic rings. The Kier molecular flexibility index (Phi) is 3.53. The van der Waals surface area contributed by atoms with E-state index in [1.54, 1.807) is 17.2 Å². The Morgan fingerprint density at radius 2 is 2.33 bits per heavy atom. The third kappa shape index (κ3) is 2.28. The summed E-state index contributed by atoms with van der Waals surface area (Å²) in [7, 11) is 0. The van der Waals surface area contributed by atoms with E-state index in [0.29, 0.717) is 19.7 Å². The van der Waals surface area contributed by atoms with Gasteiger partial charge in [0.05, 0.1) is 38.0 Å². The third-order valence-corrected chi connectivity index (χ3v) is 4.94. The number of fused-ring (bicyclic) bond motifs is 1. The fraction of sp³-hybridized carbons (Fsp3) is 0.556. The molecule has 4 rings (SSSR count). The van der Waals surface area contributed by atoms with Gasteiger partial charge in [-0.15, -0.1) is 0 Å². The first-order valence-electron chi connectivity index (χ1n) is 8.35. The number of nitrogens with zero attached hydrogens (tertiary/aromatic N) is 1. The molecule has 0 aliphatic carbocycles. The smallest absolute Gasteiger partial charge is 0.312 e. The molecular formula is C18H21NO5. The van der Waals surface area contributed by atoms with Crippen molar-refractivity contribution in [2.24, 2.45) is 17.8 Å². The molecule has 0 unspecified atom stereocenters. The lowest BCUT2D eigenvalue weighted by Crippen LogP contribution is -2.40. The zero-order chi connectivity index (χ0) is 16.9. The predicted molar refractivity (Wildman–Crippen MR) is 83.6 cm³/mol. The van der Waals surface area contributed by atoms with E-state index in [2.05, 4.69) is 0 Å². The number of carbonyl (C=O) groups is 2. The van der Waals surface area contributed by atoms with E-state index in [4.69, 9.17) is 13.9 Å². The molecule has 128 valence electrons. The maximum Gasteiger partial charge on any atom is 0.312 e. The summed E-state index contributed by atoms with van der Waals surface area (Å²) in [5, 5.41) is 0. The van der Waals surface area contributed by atoms with E-state index in [1.807, 2.05) is 32.1 Å². The van der Waals surface area contributed by atoms with Gasteiger partial charge in [-0.05, 0) is 18.1 Å². The number of hydrogen-bond acceptors (Lipinski definition) is 5. The Morgan fingerprint density at radius 1 is 1.50 bits per heavy atom. The van der Waals surface area contributed by atoms with E-state index in [1.165, 1.54) is 0 Å². The summed E-state index contributed by atoms with van der Waals surface area (Å²) in [6.45, 7) is 5.16. The zero-order valence-electron chi connectivity index (χ0n) is 13.8. The number of hydrogen-bond donors (Lipinski definition) is 0. The largest absolute Gasteiger partial charge is 0.467 e. The second-order valence-corrected chi connectivity index (χ2v) is 7.20. The molecule has 2 fully saturated rings. The van der Waals surface area contributed by atoms with Crippen molar-refractivity contribution in [3.63, 3.8) is 0 Å². The highest BCUT2D eigenvalue weighted by Gasteiger charge is 2.67. The number of esters is 1. The molecule has 4 atom stereocenters. The fourth-order valence-corrected chi connectivity index (χ4v) is 3.92. The molecule has 1 amide bonds. The minimum atomic E-state index is -0.699. The lowest BCUT2D eigenvalue weighted by atomic mass is 9.77. The van der Waals surface area contributed by atoms with Crippen LogP contribution in [-0.4, -0.2) is 41.6 Å². The van der Waals surface area contributed by atoms with Crippen LogP contribution in [-0.2, 0) is 25.6 Å². The van der Waals surface area contributed by atoms with Gasteiger partial charge < -0.3 is 18.8 Å². The number of furan rings is 1. The first-order chi connectivity index (χ1) is 11.5. The second-order valence-electron chi connectivity index (χ2n) is 7.20. The first-order valence-corrected chi connectivity index (χ1v) is 8.35. The van der Waals surface area contributed by atoms with E-state index in [9.17, 15) is 9.59 Å². The molecule has 24 heavy (non-hydrogen) atoms. The molecule has 1 aromatic heterocycles. The number of rotatable bonds is 5. The Labute approximate surface area is 140 Å². The van der Waals surface area contributed by atoms with Crippen LogP contribution in [0.5, 0.6) is 0 Å². The lowest BCUT2D eigenvalue weighted by molar-refractivity contribution is -0.154. The van der Waals surface area contributed by atoms with Crippen molar-refractivity contribution in [2.75, 3.05) is 13.2 Å². The molecule has 6 heteroatoms. The Bertz CT molecular complexity index is 680. The molecular weight excluding hydrogens is 310 g/mol. The van der Waals surface area contributed by atoms with Crippen molar-refractivity contribution in [2.45, 2.75) is 32.1 Å². The van der Waals surface area contributed by atoms with Crippen molar-refractivity contribution in [1.82, 2.24) is 4.90 Å². The highest BCUT2D eigenvalue weighted by molar-refractivity contribution is 5.91. The predicted octanol–water partition coefficient (Wildman–Crippen LogP) is 1.76. The summed E-state index contributed by atoms with van der Waals surface area (Å²) in [6, 6.07) is 3.63. The van der Waals surface area contributed by atoms with Gasteiger partial charge >= 0.3 is 5.97 Å². The van der Waals surface area contributed by atoms with Crippen LogP contribution < -0.4 is 0 Å². The van der Waals surface area contributed by atoms with Crippen LogP contribution in [0.1, 0.15) is 19.6 Å². The van der Waals surface area contributed by atoms with Crippen LogP contribution in [0.4, 0.5) is 0 Å². The summed E-state index contributed by atoms with van der Waals surface area (Å²) in [4.78, 5) is 27.1. The molecule has 4 heterocycles. The van der Waals surface area contributed by atoms with Crippen molar-refractivity contribution < 1.29 is 23.5 Å². The van der Waals surface area contributed by atoms with Crippen molar-refractivity contribution in [1.29, 1.82) is 0 Å². The topological polar surface area (TPSA) is 69.0 Å². The van der Waals surface area contributed by atoms with Gasteiger partial charge in [-0.1, -0.05) is 26.0 Å². The summed E-state index contributed by atoms with van der Waals surface area (Å²) >= 11 is 0. The second kappa shape index (κ2) is 5.48. The Hall–Kier alpha value is -2.08. The standard InChI is InChI=1S/C18H21NO5/c1-11(2)9-23-17(21)14-13-5-6-18(24-13)10-19(16(20)15(14)18)8-12-4-3-7-22-12/h3-7,11,13-15H,8-10H2,1-2H3/t13-,14-,15-,18+/m1/s1. The lowest BCUT2D eigenvalue weighted by Gasteiger charge is -2.23. The van der Waals surface area contributed by atoms with Crippen molar-refractivity contribution in [3.05, 3.63) is 36.3 Å². The van der Waals surface area contributed by atoms with Gasteiger partial charge in [-0.3, -0.25) is 9.59 Å². The highest BCUT2D eigenvalue weighted by Crippen LogP contribution is 2.52. The van der Waals surface area contributed by atoms with Gasteiger partial charge in [-0.25, -0.2) is 0 Å². The van der Waals surface area contributed by atoms with Crippen LogP contribution >= 0.6 is 0 Å². The minimum absolute atomic E-state index is 0.0650. The Balaban J connectivity index is 1.54. The molecule has 3 aliphatic rings. The summed E-state index contributed by atoms with van der Waals surface area (Å²) < 4.78 is 16.8. The van der Waals surface area contributed by atoms with E-state index < -0.39 is 17.4 Å². The van der Waals surface area contributed by atoms with Crippen LogP contribution in [0.25, 0.3) is 0 Å². The molecule has 0 aromatic carbocycles. The average molecular weight is 331 g/mol. The monoisotopic (exact) mass is 331 g/mol. The van der Waals surface area contributed by atoms with Gasteiger partial charge in [0.2, 0.25) is 5.91 Å². The average Bonchev–Trinajstić information content (AvgIpc) is 3.28. The van der Waals surface area contributed by atoms with E-state index in [0.717, 1.165) is 5.76 Å². The van der Waals surface area contributed by atoms with Crippen molar-refractivity contribution >= 4 is 11.9 Å². The zero-order valence-corrected chi connectivity index (χ0v) is 13.8. The maximum absolute atomic E-state index is 12.9. The van der Waals surface area contributed by atoms with E-state index >= 15 is 0 Å². The third-order valence-electron chi connectivity index (χ3n) is 4.94. The Morgan fingerprint density at radius 3 is 3.04 bits per heavy atom. The fourth-order valence-electron chi connectivity index (χ4n) is 3.92. The summed E-state index contributed by atoms with van der Waals surface area (Å²) in [5.74, 6) is -0.474. The van der Waals surface area contributed by atoms with Gasteiger partial charge in [0.25, 0.3) is 0 Å². The normalized spacial score (nSPS) is 33.5. The molecule has 0 radical (unpaired) electrons. The molecule has 2 bridgehead atoms. The van der Waals surface area contributed by atoms with Gasteiger partial charge in [0, 0.05) is 0 Å². The molecule has 3 aliphatic heterocycles. The number of likely N-dealkylation sites (tertiary alicyclic amines) is 1. The molecule has 6 nitrogen and oxygen atoms in total. The number of amides is 1. The van der Waals surface area contributed by atoms with Crippen LogP contribution in [0.2, 0.25) is 0 Å². The molecule has 1 spiro atoms. The SMILES string of the molecule is CC(C)COC(=O)[C@@H]1[C@H]2C=C[C@@]3(CN(Cc4ccco4)C(=O)[C@@H]13)O2. The van der Waals surface area contributed by atoms with Crippen LogP contribution in [0.3, 0.4) is 0 Å². The van der Waals surface area contributed by atoms with E-state index in [-0.39, 0.29) is 23.9 Å². The van der Waals surface area contributed by atoms with Crippen molar-refractivity contribution in [3.8, 4) is 0 Å². The molecule has 2 saturated heterocycles. The highest BCUT2D eigenvalue weighted by atomic mass is 16.6. The molecule has 0 saturated carbocycles. The summed E-state index contributed by atoms with van der Waals surface area (Å²) in [5.41, 5.74) is -0.699. The van der Waals surface area contributed by atoms with Gasteiger partial charge in [-0.2, -0.15) is 0 Å². The summed E-state index contributed by atoms with van der Waals surface area (Å²) in [6.07, 6.45) is 5.06. The quantitative estimate of drug-likeness (QED) is 0.607. The molecule has 0 N–H and O–H groups in total.